The van der Waals surface area contributed by atoms with E-state index in [9.17, 15) is 0 Å². The van der Waals surface area contributed by atoms with Gasteiger partial charge in [-0.3, -0.25) is 0 Å². The molecule has 0 radical (unpaired) electrons. The van der Waals surface area contributed by atoms with Crippen molar-refractivity contribution in [2.24, 2.45) is 0 Å². The quantitative estimate of drug-likeness (QED) is 0.627. The van der Waals surface area contributed by atoms with E-state index >= 15 is 0 Å². The molecule has 0 aliphatic heterocycles. The van der Waals surface area contributed by atoms with E-state index in [0.717, 1.165) is 19.0 Å². The van der Waals surface area contributed by atoms with E-state index in [2.05, 4.69) is 42.2 Å². The van der Waals surface area contributed by atoms with E-state index in [0.29, 0.717) is 0 Å². The van der Waals surface area contributed by atoms with Crippen molar-refractivity contribution in [3.8, 4) is 0 Å². The fraction of sp³-hybridized carbons (Fsp3) is 0.571. The summed E-state index contributed by atoms with van der Waals surface area (Å²) >= 11 is 5.79. The number of hydrogen-bond acceptors (Lipinski definition) is 1. The lowest BCUT2D eigenvalue weighted by Gasteiger charge is -2.20. The molecule has 1 aromatic rings. The van der Waals surface area contributed by atoms with Gasteiger partial charge in [-0.2, -0.15) is 0 Å². The lowest BCUT2D eigenvalue weighted by molar-refractivity contribution is 0.287. The van der Waals surface area contributed by atoms with E-state index in [1.54, 1.807) is 0 Å². The highest BCUT2D eigenvalue weighted by Crippen LogP contribution is 2.04. The van der Waals surface area contributed by atoms with Crippen LogP contribution in [0.4, 0.5) is 0 Å². The number of benzene rings is 1. The van der Waals surface area contributed by atoms with Crippen molar-refractivity contribution in [3.63, 3.8) is 0 Å². The van der Waals surface area contributed by atoms with E-state index in [-0.39, 0.29) is 0 Å². The summed E-state index contributed by atoms with van der Waals surface area (Å²) in [6.45, 7) is 5.57. The van der Waals surface area contributed by atoms with Crippen molar-refractivity contribution in [1.29, 1.82) is 0 Å². The Bertz CT molecular complexity index is 255. The number of alkyl halides is 1. The van der Waals surface area contributed by atoms with Crippen LogP contribution >= 0.6 is 11.6 Å². The monoisotopic (exact) mass is 239 g/mol. The molecule has 0 aromatic heterocycles. The zero-order valence-corrected chi connectivity index (χ0v) is 10.9. The Kier molecular flexibility index (Phi) is 7.28. The molecule has 0 aliphatic rings. The van der Waals surface area contributed by atoms with Gasteiger partial charge in [-0.25, -0.2) is 0 Å². The van der Waals surface area contributed by atoms with Crippen LogP contribution in [-0.2, 0) is 6.42 Å². The summed E-state index contributed by atoms with van der Waals surface area (Å²) in [5, 5.41) is 0. The average Bonchev–Trinajstić information content (AvgIpc) is 2.31. The fourth-order valence-electron chi connectivity index (χ4n) is 1.92. The first-order chi connectivity index (χ1) is 7.86. The Hall–Kier alpha value is -0.530. The summed E-state index contributed by atoms with van der Waals surface area (Å²) in [7, 11) is 0. The highest BCUT2D eigenvalue weighted by molar-refractivity contribution is 6.18. The predicted octanol–water partition coefficient (Wildman–Crippen LogP) is 3.57. The molecule has 0 N–H and O–H groups in total. The van der Waals surface area contributed by atoms with Crippen LogP contribution in [0.2, 0.25) is 0 Å². The van der Waals surface area contributed by atoms with Gasteiger partial charge < -0.3 is 4.90 Å². The van der Waals surface area contributed by atoms with Gasteiger partial charge in [0.15, 0.2) is 0 Å². The average molecular weight is 240 g/mol. The van der Waals surface area contributed by atoms with E-state index in [1.165, 1.54) is 31.4 Å². The SMILES string of the molecule is CCCN(CCCl)CCCc1ccccc1. The Morgan fingerprint density at radius 3 is 2.44 bits per heavy atom. The topological polar surface area (TPSA) is 3.24 Å². The summed E-state index contributed by atoms with van der Waals surface area (Å²) in [4.78, 5) is 2.45. The number of rotatable bonds is 8. The maximum absolute atomic E-state index is 5.79. The van der Waals surface area contributed by atoms with Crippen LogP contribution in [0.25, 0.3) is 0 Å². The summed E-state index contributed by atoms with van der Waals surface area (Å²) in [5.74, 6) is 0.741. The minimum Gasteiger partial charge on any atom is -0.302 e. The molecule has 0 fully saturated rings. The van der Waals surface area contributed by atoms with Crippen molar-refractivity contribution in [2.75, 3.05) is 25.5 Å². The van der Waals surface area contributed by atoms with Gasteiger partial charge in [0.2, 0.25) is 0 Å². The first-order valence-corrected chi connectivity index (χ1v) is 6.72. The van der Waals surface area contributed by atoms with Crippen LogP contribution in [0.15, 0.2) is 30.3 Å². The van der Waals surface area contributed by atoms with Gasteiger partial charge in [-0.05, 0) is 37.9 Å². The van der Waals surface area contributed by atoms with Gasteiger partial charge in [0.1, 0.15) is 0 Å². The van der Waals surface area contributed by atoms with Crippen molar-refractivity contribution in [1.82, 2.24) is 4.90 Å². The molecule has 0 aliphatic carbocycles. The van der Waals surface area contributed by atoms with Gasteiger partial charge in [0, 0.05) is 12.4 Å². The Morgan fingerprint density at radius 1 is 1.06 bits per heavy atom. The maximum atomic E-state index is 5.79. The number of halogens is 1. The first kappa shape index (κ1) is 13.5. The van der Waals surface area contributed by atoms with Crippen molar-refractivity contribution < 1.29 is 0 Å². The molecular formula is C14H22ClN. The Labute approximate surface area is 104 Å². The molecular weight excluding hydrogens is 218 g/mol. The molecule has 2 heteroatoms. The van der Waals surface area contributed by atoms with Gasteiger partial charge in [0.05, 0.1) is 0 Å². The second-order valence-corrected chi connectivity index (χ2v) is 4.50. The third-order valence-electron chi connectivity index (χ3n) is 2.72. The molecule has 0 heterocycles. The summed E-state index contributed by atoms with van der Waals surface area (Å²) in [6, 6.07) is 10.7. The number of nitrogens with zero attached hydrogens (tertiary/aromatic N) is 1. The van der Waals surface area contributed by atoms with Gasteiger partial charge in [-0.1, -0.05) is 37.3 Å². The van der Waals surface area contributed by atoms with Gasteiger partial charge in [-0.15, -0.1) is 11.6 Å². The molecule has 0 amide bonds. The minimum atomic E-state index is 0.741. The molecule has 1 nitrogen and oxygen atoms in total. The number of hydrogen-bond donors (Lipinski definition) is 0. The van der Waals surface area contributed by atoms with E-state index in [4.69, 9.17) is 11.6 Å². The Balaban J connectivity index is 2.22. The lowest BCUT2D eigenvalue weighted by Crippen LogP contribution is -2.28. The van der Waals surface area contributed by atoms with Crippen LogP contribution < -0.4 is 0 Å². The molecule has 1 aromatic carbocycles. The Morgan fingerprint density at radius 2 is 1.81 bits per heavy atom. The zero-order chi connectivity index (χ0) is 11.6. The van der Waals surface area contributed by atoms with E-state index < -0.39 is 0 Å². The second kappa shape index (κ2) is 8.60. The third kappa shape index (κ3) is 5.53. The predicted molar refractivity (Wildman–Crippen MR) is 72.2 cm³/mol. The molecule has 0 spiro atoms. The van der Waals surface area contributed by atoms with Gasteiger partial charge in [0.25, 0.3) is 0 Å². The highest BCUT2D eigenvalue weighted by atomic mass is 35.5. The molecule has 0 atom stereocenters. The van der Waals surface area contributed by atoms with Crippen molar-refractivity contribution in [3.05, 3.63) is 35.9 Å². The van der Waals surface area contributed by atoms with Crippen molar-refractivity contribution >= 4 is 11.6 Å². The maximum Gasteiger partial charge on any atom is 0.0351 e. The van der Waals surface area contributed by atoms with Crippen LogP contribution in [0.1, 0.15) is 25.3 Å². The summed E-state index contributed by atoms with van der Waals surface area (Å²) in [5.41, 5.74) is 1.44. The number of aryl methyl sites for hydroxylation is 1. The molecule has 0 bridgehead atoms. The smallest absolute Gasteiger partial charge is 0.0351 e. The highest BCUT2D eigenvalue weighted by Gasteiger charge is 2.02. The molecule has 1 rings (SSSR count). The van der Waals surface area contributed by atoms with E-state index in [1.807, 2.05) is 0 Å². The lowest BCUT2D eigenvalue weighted by atomic mass is 10.1. The zero-order valence-electron chi connectivity index (χ0n) is 10.2. The molecule has 16 heavy (non-hydrogen) atoms. The fourth-order valence-corrected chi connectivity index (χ4v) is 2.16. The van der Waals surface area contributed by atoms with Crippen LogP contribution in [0, 0.1) is 0 Å². The van der Waals surface area contributed by atoms with Crippen LogP contribution in [0.3, 0.4) is 0 Å². The second-order valence-electron chi connectivity index (χ2n) is 4.12. The molecule has 0 unspecified atom stereocenters. The molecule has 0 saturated carbocycles. The first-order valence-electron chi connectivity index (χ1n) is 6.19. The largest absolute Gasteiger partial charge is 0.302 e. The standard InChI is InChI=1S/C14H22ClN/c1-2-11-16(13-10-15)12-6-9-14-7-4-3-5-8-14/h3-5,7-8H,2,6,9-13H2,1H3. The summed E-state index contributed by atoms with van der Waals surface area (Å²) in [6.07, 6.45) is 3.60. The third-order valence-corrected chi connectivity index (χ3v) is 2.89. The summed E-state index contributed by atoms with van der Waals surface area (Å²) < 4.78 is 0. The minimum absolute atomic E-state index is 0.741. The molecule has 0 saturated heterocycles. The van der Waals surface area contributed by atoms with Crippen LogP contribution in [0.5, 0.6) is 0 Å². The normalized spacial score (nSPS) is 10.9. The van der Waals surface area contributed by atoms with Crippen LogP contribution in [-0.4, -0.2) is 30.4 Å². The van der Waals surface area contributed by atoms with Gasteiger partial charge >= 0.3 is 0 Å². The molecule has 90 valence electrons. The van der Waals surface area contributed by atoms with Crippen molar-refractivity contribution in [2.45, 2.75) is 26.2 Å².